The SMILES string of the molecule is CC(C)N1C(=O)c2ccc(C(=O)N3CCc4[nH][nH]c(=O)c4C3)cc2C1=O. The smallest absolute Gasteiger partial charge is 0.269 e. The highest BCUT2D eigenvalue weighted by molar-refractivity contribution is 6.22. The van der Waals surface area contributed by atoms with E-state index in [0.29, 0.717) is 29.7 Å². The van der Waals surface area contributed by atoms with Crippen LogP contribution in [0.5, 0.6) is 0 Å². The molecule has 0 spiro atoms. The van der Waals surface area contributed by atoms with Gasteiger partial charge in [-0.1, -0.05) is 0 Å². The summed E-state index contributed by atoms with van der Waals surface area (Å²) in [5, 5.41) is 5.35. The van der Waals surface area contributed by atoms with Crippen molar-refractivity contribution in [1.82, 2.24) is 20.0 Å². The quantitative estimate of drug-likeness (QED) is 0.782. The van der Waals surface area contributed by atoms with Crippen LogP contribution < -0.4 is 5.56 Å². The molecule has 2 aromatic rings. The second-order valence-corrected chi connectivity index (χ2v) is 6.85. The van der Waals surface area contributed by atoms with E-state index in [1.165, 1.54) is 17.0 Å². The number of imide groups is 1. The maximum absolute atomic E-state index is 12.8. The number of hydrogen-bond donors (Lipinski definition) is 2. The number of amides is 3. The minimum Gasteiger partial charge on any atom is -0.334 e. The number of rotatable bonds is 2. The van der Waals surface area contributed by atoms with Crippen molar-refractivity contribution >= 4 is 17.7 Å². The van der Waals surface area contributed by atoms with Crippen molar-refractivity contribution in [2.24, 2.45) is 0 Å². The first kappa shape index (κ1) is 16.3. The summed E-state index contributed by atoms with van der Waals surface area (Å²) in [6, 6.07) is 4.33. The van der Waals surface area contributed by atoms with Crippen molar-refractivity contribution in [3.63, 3.8) is 0 Å². The van der Waals surface area contributed by atoms with Gasteiger partial charge in [0.2, 0.25) is 0 Å². The number of carbonyl (C=O) groups excluding carboxylic acids is 3. The van der Waals surface area contributed by atoms with Gasteiger partial charge in [-0.05, 0) is 32.0 Å². The second-order valence-electron chi connectivity index (χ2n) is 6.85. The zero-order chi connectivity index (χ0) is 18.6. The van der Waals surface area contributed by atoms with Crippen molar-refractivity contribution < 1.29 is 14.4 Å². The minimum absolute atomic E-state index is 0.217. The summed E-state index contributed by atoms with van der Waals surface area (Å²) >= 11 is 0. The lowest BCUT2D eigenvalue weighted by molar-refractivity contribution is 0.0608. The minimum atomic E-state index is -0.377. The summed E-state index contributed by atoms with van der Waals surface area (Å²) in [5.41, 5.74) is 2.07. The van der Waals surface area contributed by atoms with Gasteiger partial charge >= 0.3 is 0 Å². The molecule has 3 heterocycles. The van der Waals surface area contributed by atoms with E-state index in [4.69, 9.17) is 0 Å². The molecule has 0 radical (unpaired) electrons. The number of fused-ring (bicyclic) bond motifs is 2. The third-order valence-corrected chi connectivity index (χ3v) is 4.91. The maximum atomic E-state index is 12.8. The predicted molar refractivity (Wildman–Crippen MR) is 91.9 cm³/mol. The Morgan fingerprint density at radius 1 is 1.08 bits per heavy atom. The number of aromatic nitrogens is 2. The predicted octanol–water partition coefficient (Wildman–Crippen LogP) is 0.906. The largest absolute Gasteiger partial charge is 0.334 e. The Balaban J connectivity index is 1.64. The third-order valence-electron chi connectivity index (χ3n) is 4.91. The maximum Gasteiger partial charge on any atom is 0.269 e. The molecular formula is C18H18N4O4. The van der Waals surface area contributed by atoms with Crippen LogP contribution in [0.15, 0.2) is 23.0 Å². The van der Waals surface area contributed by atoms with Gasteiger partial charge in [-0.15, -0.1) is 0 Å². The van der Waals surface area contributed by atoms with Crippen LogP contribution in [-0.4, -0.2) is 50.3 Å². The van der Waals surface area contributed by atoms with Gasteiger partial charge in [-0.2, -0.15) is 0 Å². The van der Waals surface area contributed by atoms with Crippen LogP contribution in [0.1, 0.15) is 56.2 Å². The summed E-state index contributed by atoms with van der Waals surface area (Å²) in [6.07, 6.45) is 0.559. The first-order chi connectivity index (χ1) is 12.4. The van der Waals surface area contributed by atoms with Crippen LogP contribution in [0.4, 0.5) is 0 Å². The van der Waals surface area contributed by atoms with Gasteiger partial charge in [-0.25, -0.2) is 0 Å². The lowest BCUT2D eigenvalue weighted by Crippen LogP contribution is -2.37. The van der Waals surface area contributed by atoms with Crippen LogP contribution in [0, 0.1) is 0 Å². The van der Waals surface area contributed by atoms with Gasteiger partial charge in [-0.3, -0.25) is 29.2 Å². The molecule has 8 nitrogen and oxygen atoms in total. The Morgan fingerprint density at radius 2 is 1.81 bits per heavy atom. The van der Waals surface area contributed by atoms with Crippen LogP contribution in [0.3, 0.4) is 0 Å². The molecule has 1 aromatic carbocycles. The number of aromatic amines is 2. The number of carbonyl (C=O) groups is 3. The van der Waals surface area contributed by atoms with E-state index >= 15 is 0 Å². The molecule has 8 heteroatoms. The Labute approximate surface area is 148 Å². The van der Waals surface area contributed by atoms with Crippen molar-refractivity contribution in [2.75, 3.05) is 6.54 Å². The molecule has 3 amide bonds. The fourth-order valence-electron chi connectivity index (χ4n) is 3.53. The molecule has 1 aromatic heterocycles. The Kier molecular flexibility index (Phi) is 3.57. The third kappa shape index (κ3) is 2.29. The van der Waals surface area contributed by atoms with E-state index in [1.54, 1.807) is 24.8 Å². The van der Waals surface area contributed by atoms with Crippen molar-refractivity contribution in [2.45, 2.75) is 32.9 Å². The van der Waals surface area contributed by atoms with Gasteiger partial charge in [0.15, 0.2) is 0 Å². The van der Waals surface area contributed by atoms with Crippen LogP contribution in [0.25, 0.3) is 0 Å². The monoisotopic (exact) mass is 354 g/mol. The lowest BCUT2D eigenvalue weighted by atomic mass is 10.0. The van der Waals surface area contributed by atoms with E-state index < -0.39 is 0 Å². The molecule has 2 aliphatic heterocycles. The average Bonchev–Trinajstić information content (AvgIpc) is 3.12. The molecule has 2 aliphatic rings. The zero-order valence-corrected chi connectivity index (χ0v) is 14.5. The molecule has 0 fully saturated rings. The average molecular weight is 354 g/mol. The van der Waals surface area contributed by atoms with E-state index in [2.05, 4.69) is 10.2 Å². The second kappa shape index (κ2) is 5.69. The first-order valence-corrected chi connectivity index (χ1v) is 8.48. The van der Waals surface area contributed by atoms with Crippen molar-refractivity contribution in [3.8, 4) is 0 Å². The lowest BCUT2D eigenvalue weighted by Gasteiger charge is -2.26. The molecule has 0 unspecified atom stereocenters. The van der Waals surface area contributed by atoms with Gasteiger partial charge in [0, 0.05) is 30.3 Å². The summed E-state index contributed by atoms with van der Waals surface area (Å²) in [4.78, 5) is 52.3. The summed E-state index contributed by atoms with van der Waals surface area (Å²) in [6.45, 7) is 4.23. The number of nitrogens with one attached hydrogen (secondary N) is 2. The van der Waals surface area contributed by atoms with Crippen LogP contribution in [0.2, 0.25) is 0 Å². The molecule has 4 rings (SSSR count). The van der Waals surface area contributed by atoms with E-state index in [0.717, 1.165) is 5.69 Å². The molecule has 0 bridgehead atoms. The molecule has 0 saturated heterocycles. The topological polar surface area (TPSA) is 106 Å². The Hall–Kier alpha value is -3.16. The number of hydrogen-bond acceptors (Lipinski definition) is 4. The highest BCUT2D eigenvalue weighted by Gasteiger charge is 2.38. The highest BCUT2D eigenvalue weighted by atomic mass is 16.2. The van der Waals surface area contributed by atoms with Gasteiger partial charge in [0.05, 0.1) is 23.2 Å². The summed E-state index contributed by atoms with van der Waals surface area (Å²) in [5.74, 6) is -0.972. The fraction of sp³-hybridized carbons (Fsp3) is 0.333. The van der Waals surface area contributed by atoms with Crippen LogP contribution in [-0.2, 0) is 13.0 Å². The number of benzene rings is 1. The standard InChI is InChI=1S/C18H18N4O4/c1-9(2)22-17(25)11-4-3-10(7-12(11)18(22)26)16(24)21-6-5-14-13(8-21)15(23)20-19-14/h3-4,7,9H,5-6,8H2,1-2H3,(H2,19,20,23). The summed E-state index contributed by atoms with van der Waals surface area (Å²) in [7, 11) is 0. The number of nitrogens with zero attached hydrogens (tertiary/aromatic N) is 2. The van der Waals surface area contributed by atoms with Gasteiger partial charge < -0.3 is 10.00 Å². The van der Waals surface area contributed by atoms with E-state index in [1.807, 2.05) is 0 Å². The van der Waals surface area contributed by atoms with E-state index in [9.17, 15) is 19.2 Å². The first-order valence-electron chi connectivity index (χ1n) is 8.48. The normalized spacial score (nSPS) is 16.3. The molecule has 0 atom stereocenters. The Bertz CT molecular complexity index is 1000. The Morgan fingerprint density at radius 3 is 2.54 bits per heavy atom. The molecule has 134 valence electrons. The van der Waals surface area contributed by atoms with Crippen LogP contribution >= 0.6 is 0 Å². The number of H-pyrrole nitrogens is 2. The molecule has 0 aliphatic carbocycles. The summed E-state index contributed by atoms with van der Waals surface area (Å²) < 4.78 is 0. The zero-order valence-electron chi connectivity index (χ0n) is 14.5. The fourth-order valence-corrected chi connectivity index (χ4v) is 3.53. The van der Waals surface area contributed by atoms with E-state index in [-0.39, 0.29) is 41.4 Å². The molecule has 2 N–H and O–H groups in total. The van der Waals surface area contributed by atoms with Crippen molar-refractivity contribution in [3.05, 3.63) is 56.5 Å². The molecular weight excluding hydrogens is 336 g/mol. The molecule has 26 heavy (non-hydrogen) atoms. The van der Waals surface area contributed by atoms with Crippen molar-refractivity contribution in [1.29, 1.82) is 0 Å². The van der Waals surface area contributed by atoms with Gasteiger partial charge in [0.1, 0.15) is 0 Å². The molecule has 0 saturated carbocycles. The van der Waals surface area contributed by atoms with Gasteiger partial charge in [0.25, 0.3) is 23.3 Å². The highest BCUT2D eigenvalue weighted by Crippen LogP contribution is 2.26.